The molecule has 3 heterocycles. The number of amides is 1. The number of thioether (sulfide) groups is 1. The summed E-state index contributed by atoms with van der Waals surface area (Å²) in [6, 6.07) is 16.0. The molecule has 0 saturated carbocycles. The molecule has 0 unspecified atom stereocenters. The molecule has 170 valence electrons. The largest absolute Gasteiger partial charge is 0.454 e. The summed E-state index contributed by atoms with van der Waals surface area (Å²) in [6.45, 7) is 2.05. The third kappa shape index (κ3) is 5.29. The number of hydrogen-bond donors (Lipinski definition) is 1. The fourth-order valence-electron chi connectivity index (χ4n) is 4.18. The average molecular weight is 466 g/mol. The second-order valence-corrected chi connectivity index (χ2v) is 9.52. The van der Waals surface area contributed by atoms with E-state index in [0.29, 0.717) is 19.5 Å². The first-order valence-electron chi connectivity index (χ1n) is 10.9. The molecule has 33 heavy (non-hydrogen) atoms. The molecule has 5 rings (SSSR count). The second-order valence-electron chi connectivity index (χ2n) is 8.14. The molecular weight excluding hydrogens is 441 g/mol. The Morgan fingerprint density at radius 1 is 1.12 bits per heavy atom. The molecule has 2 aromatic carbocycles. The van der Waals surface area contributed by atoms with Crippen LogP contribution in [0.1, 0.15) is 17.5 Å². The van der Waals surface area contributed by atoms with E-state index in [2.05, 4.69) is 15.2 Å². The molecule has 1 aromatic heterocycles. The molecule has 0 radical (unpaired) electrons. The van der Waals surface area contributed by atoms with E-state index in [1.165, 1.54) is 12.1 Å². The lowest BCUT2D eigenvalue weighted by atomic mass is 10.1. The van der Waals surface area contributed by atoms with Gasteiger partial charge >= 0.3 is 0 Å². The molecule has 0 aliphatic carbocycles. The van der Waals surface area contributed by atoms with Crippen LogP contribution in [0.3, 0.4) is 0 Å². The predicted molar refractivity (Wildman–Crippen MR) is 124 cm³/mol. The first-order chi connectivity index (χ1) is 16.1. The third-order valence-corrected chi connectivity index (χ3v) is 7.02. The third-order valence-electron chi connectivity index (χ3n) is 5.80. The Morgan fingerprint density at radius 3 is 2.79 bits per heavy atom. The normalized spacial score (nSPS) is 19.5. The fraction of sp³-hybridized carbons (Fsp3) is 0.280. The van der Waals surface area contributed by atoms with E-state index >= 15 is 0 Å². The van der Waals surface area contributed by atoms with Crippen molar-refractivity contribution in [3.63, 3.8) is 0 Å². The van der Waals surface area contributed by atoms with E-state index in [4.69, 9.17) is 9.47 Å². The zero-order valence-electron chi connectivity index (χ0n) is 17.9. The Labute approximate surface area is 196 Å². The topological polar surface area (TPSA) is 63.7 Å². The number of aromatic nitrogens is 1. The van der Waals surface area contributed by atoms with Crippen LogP contribution >= 0.6 is 11.8 Å². The number of rotatable bonds is 7. The highest BCUT2D eigenvalue weighted by molar-refractivity contribution is 8.00. The number of halogens is 1. The summed E-state index contributed by atoms with van der Waals surface area (Å²) in [5.41, 5.74) is 2.03. The molecular formula is C25H24FN3O3S. The minimum Gasteiger partial charge on any atom is -0.454 e. The number of likely N-dealkylation sites (tertiary alicyclic amines) is 1. The van der Waals surface area contributed by atoms with Crippen LogP contribution in [-0.4, -0.2) is 40.4 Å². The molecule has 2 aliphatic rings. The predicted octanol–water partition coefficient (Wildman–Crippen LogP) is 4.00. The van der Waals surface area contributed by atoms with Gasteiger partial charge < -0.3 is 14.8 Å². The number of pyridine rings is 1. The summed E-state index contributed by atoms with van der Waals surface area (Å²) in [5, 5.41) is 3.29. The van der Waals surface area contributed by atoms with E-state index in [9.17, 15) is 9.18 Å². The minimum absolute atomic E-state index is 0.00167. The van der Waals surface area contributed by atoms with Gasteiger partial charge in [0.2, 0.25) is 12.7 Å². The standard InChI is InChI=1S/C25H24FN3O3S/c26-19-4-6-20(7-5-19)33-21-11-22(25(30)28-13-18-2-1-9-27-12-18)29(15-21)14-17-3-8-23-24(10-17)32-16-31-23/h1-10,12,21-22H,11,13-16H2,(H,28,30)/t21-,22+/m1/s1. The number of benzene rings is 2. The lowest BCUT2D eigenvalue weighted by Crippen LogP contribution is -2.42. The van der Waals surface area contributed by atoms with Gasteiger partial charge in [0, 0.05) is 42.2 Å². The van der Waals surface area contributed by atoms with E-state index in [0.717, 1.165) is 34.1 Å². The number of nitrogens with one attached hydrogen (secondary N) is 1. The van der Waals surface area contributed by atoms with Gasteiger partial charge in [0.15, 0.2) is 11.5 Å². The number of nitrogens with zero attached hydrogens (tertiary/aromatic N) is 2. The maximum atomic E-state index is 13.3. The summed E-state index contributed by atoms with van der Waals surface area (Å²) in [6.07, 6.45) is 4.19. The Kier molecular flexibility index (Phi) is 6.46. The van der Waals surface area contributed by atoms with Crippen molar-refractivity contribution in [2.24, 2.45) is 0 Å². The van der Waals surface area contributed by atoms with Gasteiger partial charge in [0.1, 0.15) is 5.82 Å². The van der Waals surface area contributed by atoms with Crippen molar-refractivity contribution in [1.82, 2.24) is 15.2 Å². The zero-order valence-corrected chi connectivity index (χ0v) is 18.8. The highest BCUT2D eigenvalue weighted by Crippen LogP contribution is 2.36. The molecule has 2 aliphatic heterocycles. The minimum atomic E-state index is -0.259. The van der Waals surface area contributed by atoms with Crippen LogP contribution in [0.4, 0.5) is 4.39 Å². The molecule has 1 fully saturated rings. The van der Waals surface area contributed by atoms with Crippen molar-refractivity contribution in [3.05, 3.63) is 83.9 Å². The Hall–Kier alpha value is -3.10. The molecule has 1 amide bonds. The van der Waals surface area contributed by atoms with Gasteiger partial charge in [0.25, 0.3) is 0 Å². The summed E-state index contributed by atoms with van der Waals surface area (Å²) in [7, 11) is 0. The molecule has 1 N–H and O–H groups in total. The monoisotopic (exact) mass is 465 g/mol. The Balaban J connectivity index is 1.29. The first kappa shape index (κ1) is 21.7. The van der Waals surface area contributed by atoms with Gasteiger partial charge in [-0.3, -0.25) is 14.7 Å². The van der Waals surface area contributed by atoms with E-state index in [1.807, 2.05) is 30.3 Å². The molecule has 2 atom stereocenters. The van der Waals surface area contributed by atoms with Gasteiger partial charge in [-0.05, 0) is 60.0 Å². The van der Waals surface area contributed by atoms with Crippen molar-refractivity contribution in [3.8, 4) is 11.5 Å². The second kappa shape index (κ2) is 9.80. The van der Waals surface area contributed by atoms with Crippen LogP contribution in [-0.2, 0) is 17.9 Å². The van der Waals surface area contributed by atoms with Crippen LogP contribution in [0.25, 0.3) is 0 Å². The Morgan fingerprint density at radius 2 is 1.97 bits per heavy atom. The van der Waals surface area contributed by atoms with Crippen molar-refractivity contribution >= 4 is 17.7 Å². The van der Waals surface area contributed by atoms with E-state index in [1.54, 1.807) is 36.3 Å². The fourth-order valence-corrected chi connectivity index (χ4v) is 5.41. The highest BCUT2D eigenvalue weighted by Gasteiger charge is 2.37. The summed E-state index contributed by atoms with van der Waals surface area (Å²) >= 11 is 1.69. The summed E-state index contributed by atoms with van der Waals surface area (Å²) in [5.74, 6) is 1.24. The highest BCUT2D eigenvalue weighted by atomic mass is 32.2. The summed E-state index contributed by atoms with van der Waals surface area (Å²) in [4.78, 5) is 20.5. The van der Waals surface area contributed by atoms with Crippen molar-refractivity contribution < 1.29 is 18.7 Å². The average Bonchev–Trinajstić information content (AvgIpc) is 3.46. The van der Waals surface area contributed by atoms with Gasteiger partial charge in [-0.2, -0.15) is 0 Å². The maximum absolute atomic E-state index is 13.3. The molecule has 0 spiro atoms. The van der Waals surface area contributed by atoms with Gasteiger partial charge in [0.05, 0.1) is 6.04 Å². The molecule has 8 heteroatoms. The van der Waals surface area contributed by atoms with Crippen LogP contribution in [0.15, 0.2) is 71.9 Å². The molecule has 0 bridgehead atoms. The molecule has 6 nitrogen and oxygen atoms in total. The van der Waals surface area contributed by atoms with E-state index in [-0.39, 0.29) is 29.8 Å². The van der Waals surface area contributed by atoms with Crippen molar-refractivity contribution in [2.75, 3.05) is 13.3 Å². The number of carbonyl (C=O) groups is 1. The number of fused-ring (bicyclic) bond motifs is 1. The van der Waals surface area contributed by atoms with Gasteiger partial charge in [-0.25, -0.2) is 4.39 Å². The lowest BCUT2D eigenvalue weighted by molar-refractivity contribution is -0.125. The summed E-state index contributed by atoms with van der Waals surface area (Å²) < 4.78 is 24.2. The maximum Gasteiger partial charge on any atom is 0.237 e. The van der Waals surface area contributed by atoms with Crippen LogP contribution < -0.4 is 14.8 Å². The van der Waals surface area contributed by atoms with Crippen LogP contribution in [0.5, 0.6) is 11.5 Å². The Bertz CT molecular complexity index is 1110. The van der Waals surface area contributed by atoms with Gasteiger partial charge in [-0.1, -0.05) is 12.1 Å². The van der Waals surface area contributed by atoms with Crippen LogP contribution in [0, 0.1) is 5.82 Å². The first-order valence-corrected chi connectivity index (χ1v) is 11.7. The number of ether oxygens (including phenoxy) is 2. The van der Waals surface area contributed by atoms with Crippen LogP contribution in [0.2, 0.25) is 0 Å². The zero-order chi connectivity index (χ0) is 22.6. The van der Waals surface area contributed by atoms with E-state index < -0.39 is 0 Å². The molecule has 1 saturated heterocycles. The van der Waals surface area contributed by atoms with Crippen molar-refractivity contribution in [1.29, 1.82) is 0 Å². The van der Waals surface area contributed by atoms with Crippen molar-refractivity contribution in [2.45, 2.75) is 35.7 Å². The lowest BCUT2D eigenvalue weighted by Gasteiger charge is -2.23. The number of carbonyl (C=O) groups excluding carboxylic acids is 1. The molecule has 3 aromatic rings. The quantitative estimate of drug-likeness (QED) is 0.569. The SMILES string of the molecule is O=C(NCc1cccnc1)[C@@H]1C[C@@H](Sc2ccc(F)cc2)CN1Cc1ccc2c(c1)OCO2. The number of hydrogen-bond acceptors (Lipinski definition) is 6. The smallest absolute Gasteiger partial charge is 0.237 e. The van der Waals surface area contributed by atoms with Gasteiger partial charge in [-0.15, -0.1) is 11.8 Å².